The average Bonchev–Trinajstić information content (AvgIpc) is 2.98. The molecule has 2 atom stereocenters. The van der Waals surface area contributed by atoms with E-state index in [1.807, 2.05) is 10.3 Å². The number of ether oxygens (including phenoxy) is 1. The van der Waals surface area contributed by atoms with Gasteiger partial charge in [0.25, 0.3) is 0 Å². The van der Waals surface area contributed by atoms with E-state index in [1.165, 1.54) is 24.2 Å². The number of aromatic nitrogens is 1. The molecule has 0 spiro atoms. The molecule has 23 heavy (non-hydrogen) atoms. The van der Waals surface area contributed by atoms with E-state index in [2.05, 4.69) is 16.8 Å². The highest BCUT2D eigenvalue weighted by atomic mass is 32.1. The number of morpholine rings is 1. The van der Waals surface area contributed by atoms with Crippen molar-refractivity contribution in [1.29, 1.82) is 0 Å². The van der Waals surface area contributed by atoms with Crippen LogP contribution in [0.25, 0.3) is 0 Å². The van der Waals surface area contributed by atoms with Crippen molar-refractivity contribution >= 4 is 22.4 Å². The van der Waals surface area contributed by atoms with E-state index in [4.69, 9.17) is 10.5 Å². The third kappa shape index (κ3) is 4.02. The summed E-state index contributed by atoms with van der Waals surface area (Å²) in [4.78, 5) is 21.2. The fourth-order valence-electron chi connectivity index (χ4n) is 3.57. The van der Waals surface area contributed by atoms with Crippen LogP contribution in [0.3, 0.4) is 0 Å². The zero-order chi connectivity index (χ0) is 16.2. The van der Waals surface area contributed by atoms with Crippen LogP contribution < -0.4 is 5.73 Å². The Labute approximate surface area is 141 Å². The number of aryl methyl sites for hydroxylation is 1. The number of amides is 1. The van der Waals surface area contributed by atoms with Gasteiger partial charge in [-0.15, -0.1) is 11.3 Å². The molecule has 0 aromatic carbocycles. The van der Waals surface area contributed by atoms with Crippen molar-refractivity contribution in [1.82, 2.24) is 14.8 Å². The smallest absolute Gasteiger partial charge is 0.223 e. The highest BCUT2D eigenvalue weighted by Gasteiger charge is 2.36. The maximum Gasteiger partial charge on any atom is 0.223 e. The van der Waals surface area contributed by atoms with Crippen LogP contribution >= 0.6 is 11.3 Å². The predicted octanol–water partition coefficient (Wildman–Crippen LogP) is 1.37. The predicted molar refractivity (Wildman–Crippen MR) is 91.4 cm³/mol. The summed E-state index contributed by atoms with van der Waals surface area (Å²) in [5.41, 5.74) is 6.55. The van der Waals surface area contributed by atoms with Gasteiger partial charge in [-0.1, -0.05) is 13.3 Å². The molecule has 0 aliphatic carbocycles. The van der Waals surface area contributed by atoms with E-state index in [9.17, 15) is 4.79 Å². The summed E-state index contributed by atoms with van der Waals surface area (Å²) in [5.74, 6) is 0.217. The first kappa shape index (κ1) is 16.7. The third-order valence-electron chi connectivity index (χ3n) is 4.76. The minimum absolute atomic E-state index is 0.217. The van der Waals surface area contributed by atoms with E-state index < -0.39 is 0 Å². The number of thiazole rings is 1. The Bertz CT molecular complexity index is 534. The zero-order valence-corrected chi connectivity index (χ0v) is 14.6. The van der Waals surface area contributed by atoms with Crippen molar-refractivity contribution in [3.05, 3.63) is 11.1 Å². The molecule has 2 saturated heterocycles. The number of fused-ring (bicyclic) bond motifs is 1. The standard InChI is InChI=1S/C16H26N4O2S/c1-2-3-13-9-22-10-14-8-19(6-7-20(13)14)15(21)5-4-12-11-23-16(17)18-12/h11,13-14H,2-10H2,1H3,(H2,17,18)/t13-,14+/m0/s1. The molecule has 7 heteroatoms. The van der Waals surface area contributed by atoms with Crippen molar-refractivity contribution in [3.8, 4) is 0 Å². The Morgan fingerprint density at radius 2 is 2.35 bits per heavy atom. The lowest BCUT2D eigenvalue weighted by molar-refractivity contribution is -0.140. The molecule has 1 aromatic heterocycles. The number of hydrogen-bond donors (Lipinski definition) is 1. The van der Waals surface area contributed by atoms with Gasteiger partial charge in [0.05, 0.1) is 24.9 Å². The minimum Gasteiger partial charge on any atom is -0.378 e. The van der Waals surface area contributed by atoms with Crippen LogP contribution in [0.4, 0.5) is 5.13 Å². The number of piperazine rings is 1. The summed E-state index contributed by atoms with van der Waals surface area (Å²) >= 11 is 1.43. The number of nitrogens with two attached hydrogens (primary N) is 1. The van der Waals surface area contributed by atoms with E-state index in [0.29, 0.717) is 30.1 Å². The molecule has 2 aliphatic heterocycles. The van der Waals surface area contributed by atoms with Gasteiger partial charge in [0, 0.05) is 37.5 Å². The van der Waals surface area contributed by atoms with Crippen LogP contribution in [0.2, 0.25) is 0 Å². The second-order valence-electron chi connectivity index (χ2n) is 6.39. The van der Waals surface area contributed by atoms with Gasteiger partial charge in [-0.2, -0.15) is 0 Å². The normalized spacial score (nSPS) is 25.3. The van der Waals surface area contributed by atoms with E-state index in [-0.39, 0.29) is 5.91 Å². The Hall–Kier alpha value is -1.18. The first-order valence-electron chi connectivity index (χ1n) is 8.48. The second-order valence-corrected chi connectivity index (χ2v) is 7.28. The van der Waals surface area contributed by atoms with E-state index in [0.717, 1.165) is 38.5 Å². The van der Waals surface area contributed by atoms with E-state index >= 15 is 0 Å². The molecule has 2 aliphatic rings. The molecule has 1 aromatic rings. The lowest BCUT2D eigenvalue weighted by Gasteiger charge is -2.48. The highest BCUT2D eigenvalue weighted by Crippen LogP contribution is 2.22. The SMILES string of the molecule is CCC[C@H]1COC[C@H]2CN(C(=O)CCc3csc(N)n3)CCN12. The molecular weight excluding hydrogens is 312 g/mol. The third-order valence-corrected chi connectivity index (χ3v) is 5.48. The molecule has 0 radical (unpaired) electrons. The number of hydrogen-bond acceptors (Lipinski definition) is 6. The summed E-state index contributed by atoms with van der Waals surface area (Å²) in [7, 11) is 0. The molecule has 0 saturated carbocycles. The number of nitrogens with zero attached hydrogens (tertiary/aromatic N) is 3. The number of carbonyl (C=O) groups is 1. The minimum atomic E-state index is 0.217. The molecule has 2 N–H and O–H groups in total. The van der Waals surface area contributed by atoms with Crippen molar-refractivity contribution in [2.75, 3.05) is 38.6 Å². The summed E-state index contributed by atoms with van der Waals surface area (Å²) < 4.78 is 5.76. The second kappa shape index (κ2) is 7.59. The number of rotatable bonds is 5. The van der Waals surface area contributed by atoms with Gasteiger partial charge >= 0.3 is 0 Å². The molecule has 2 fully saturated rings. The number of nitrogen functional groups attached to an aromatic ring is 1. The summed E-state index contributed by atoms with van der Waals surface area (Å²) in [5, 5.41) is 2.51. The molecule has 0 bridgehead atoms. The number of anilines is 1. The van der Waals surface area contributed by atoms with Gasteiger partial charge < -0.3 is 15.4 Å². The quantitative estimate of drug-likeness (QED) is 0.878. The monoisotopic (exact) mass is 338 g/mol. The lowest BCUT2D eigenvalue weighted by Crippen LogP contribution is -2.62. The van der Waals surface area contributed by atoms with Gasteiger partial charge in [-0.05, 0) is 12.8 Å². The Morgan fingerprint density at radius 3 is 3.09 bits per heavy atom. The number of carbonyl (C=O) groups excluding carboxylic acids is 1. The lowest BCUT2D eigenvalue weighted by atomic mass is 10.0. The molecule has 3 rings (SSSR count). The van der Waals surface area contributed by atoms with Gasteiger partial charge in [-0.25, -0.2) is 4.98 Å². The topological polar surface area (TPSA) is 71.7 Å². The summed E-state index contributed by atoms with van der Waals surface area (Å²) in [6.45, 7) is 6.38. The van der Waals surface area contributed by atoms with Gasteiger partial charge in [0.2, 0.25) is 5.91 Å². The van der Waals surface area contributed by atoms with Crippen molar-refractivity contribution in [2.24, 2.45) is 0 Å². The van der Waals surface area contributed by atoms with Gasteiger partial charge in [0.1, 0.15) is 0 Å². The van der Waals surface area contributed by atoms with Gasteiger partial charge in [0.15, 0.2) is 5.13 Å². The Kier molecular flexibility index (Phi) is 5.50. The van der Waals surface area contributed by atoms with Crippen LogP contribution in [0.1, 0.15) is 31.9 Å². The summed E-state index contributed by atoms with van der Waals surface area (Å²) in [6, 6.07) is 0.877. The van der Waals surface area contributed by atoms with Crippen LogP contribution in [0.5, 0.6) is 0 Å². The Morgan fingerprint density at radius 1 is 1.48 bits per heavy atom. The average molecular weight is 338 g/mol. The first-order chi connectivity index (χ1) is 11.2. The molecule has 128 valence electrons. The maximum absolute atomic E-state index is 12.5. The van der Waals surface area contributed by atoms with Crippen molar-refractivity contribution in [3.63, 3.8) is 0 Å². The fourth-order valence-corrected chi connectivity index (χ4v) is 4.17. The molecule has 1 amide bonds. The largest absolute Gasteiger partial charge is 0.378 e. The molecule has 0 unspecified atom stereocenters. The summed E-state index contributed by atoms with van der Waals surface area (Å²) in [6.07, 6.45) is 3.54. The zero-order valence-electron chi connectivity index (χ0n) is 13.7. The van der Waals surface area contributed by atoms with Crippen LogP contribution in [0, 0.1) is 0 Å². The molecule has 3 heterocycles. The molecular formula is C16H26N4O2S. The highest BCUT2D eigenvalue weighted by molar-refractivity contribution is 7.13. The van der Waals surface area contributed by atoms with Crippen LogP contribution in [-0.4, -0.2) is 65.6 Å². The van der Waals surface area contributed by atoms with Gasteiger partial charge in [-0.3, -0.25) is 9.69 Å². The van der Waals surface area contributed by atoms with Crippen molar-refractivity contribution < 1.29 is 9.53 Å². The van der Waals surface area contributed by atoms with Crippen molar-refractivity contribution in [2.45, 2.75) is 44.7 Å². The molecule has 6 nitrogen and oxygen atoms in total. The maximum atomic E-state index is 12.5. The van der Waals surface area contributed by atoms with Crippen LogP contribution in [-0.2, 0) is 16.0 Å². The Balaban J connectivity index is 1.51. The van der Waals surface area contributed by atoms with Crippen LogP contribution in [0.15, 0.2) is 5.38 Å². The fraction of sp³-hybridized carbons (Fsp3) is 0.750. The van der Waals surface area contributed by atoms with E-state index in [1.54, 1.807) is 0 Å². The first-order valence-corrected chi connectivity index (χ1v) is 9.36.